The minimum atomic E-state index is -0.150. The van der Waals surface area contributed by atoms with Crippen LogP contribution in [-0.4, -0.2) is 11.2 Å². The number of aliphatic hydroxyl groups excluding tert-OH is 1. The Balaban J connectivity index is 1.72. The zero-order valence-corrected chi connectivity index (χ0v) is 18.9. The van der Waals surface area contributed by atoms with Gasteiger partial charge in [-0.3, -0.25) is 0 Å². The first-order valence-corrected chi connectivity index (χ1v) is 11.7. The van der Waals surface area contributed by atoms with E-state index in [9.17, 15) is 5.11 Å². The van der Waals surface area contributed by atoms with Gasteiger partial charge in [-0.2, -0.15) is 0 Å². The van der Waals surface area contributed by atoms with Crippen LogP contribution in [0.4, 0.5) is 0 Å². The molecule has 0 heterocycles. The van der Waals surface area contributed by atoms with Crippen LogP contribution in [-0.2, 0) is 0 Å². The molecule has 0 aromatic carbocycles. The van der Waals surface area contributed by atoms with E-state index in [2.05, 4.69) is 65.0 Å². The summed E-state index contributed by atoms with van der Waals surface area (Å²) in [4.78, 5) is 0. The van der Waals surface area contributed by atoms with Crippen molar-refractivity contribution in [1.29, 1.82) is 0 Å². The molecule has 2 unspecified atom stereocenters. The zero-order chi connectivity index (χ0) is 20.3. The molecule has 1 heteroatoms. The molecule has 1 N–H and O–H groups in total. The highest BCUT2D eigenvalue weighted by molar-refractivity contribution is 5.36. The van der Waals surface area contributed by atoms with E-state index in [4.69, 9.17) is 0 Å². The molecule has 156 valence electrons. The summed E-state index contributed by atoms with van der Waals surface area (Å²) in [6.45, 7) is 11.9. The van der Waals surface area contributed by atoms with Gasteiger partial charge in [0, 0.05) is 0 Å². The van der Waals surface area contributed by atoms with E-state index in [0.717, 1.165) is 31.1 Å². The third-order valence-corrected chi connectivity index (χ3v) is 7.89. The Morgan fingerprint density at radius 3 is 2.71 bits per heavy atom. The molecule has 0 radical (unpaired) electrons. The van der Waals surface area contributed by atoms with E-state index in [1.807, 2.05) is 0 Å². The second-order valence-electron chi connectivity index (χ2n) is 10.4. The van der Waals surface area contributed by atoms with Crippen LogP contribution in [0.5, 0.6) is 0 Å². The number of hydrogen-bond donors (Lipinski definition) is 1. The highest BCUT2D eigenvalue weighted by atomic mass is 16.3. The van der Waals surface area contributed by atoms with Crippen molar-refractivity contribution >= 4 is 0 Å². The molecule has 0 aliphatic heterocycles. The number of rotatable bonds is 6. The van der Waals surface area contributed by atoms with Gasteiger partial charge in [0.05, 0.1) is 6.10 Å². The largest absolute Gasteiger partial charge is 0.393 e. The van der Waals surface area contributed by atoms with E-state index < -0.39 is 0 Å². The van der Waals surface area contributed by atoms with Crippen LogP contribution in [0.1, 0.15) is 86.0 Å². The standard InChI is InChI=1S/C27H42O/c1-19(2)8-6-9-21(4)25-15-16-26-22(10-7-17-27(25,26)5)12-13-23-18-24(28)14-11-20(23)3/h6,9-10,12-13,19,21,24-26,28H,7-8,11,14-18H2,1-5H3/b9-6+,13-12+/t21?,24-,25+,26?,27+/m0/s1. The Bertz CT molecular complexity index is 662. The molecule has 28 heavy (non-hydrogen) atoms. The van der Waals surface area contributed by atoms with Gasteiger partial charge in [-0.1, -0.05) is 63.6 Å². The number of aliphatic hydroxyl groups is 1. The van der Waals surface area contributed by atoms with Crippen LogP contribution in [0.15, 0.2) is 47.1 Å². The van der Waals surface area contributed by atoms with Crippen LogP contribution in [0, 0.1) is 29.1 Å². The van der Waals surface area contributed by atoms with Gasteiger partial charge in [0.25, 0.3) is 0 Å². The molecule has 0 aromatic rings. The predicted octanol–water partition coefficient (Wildman–Crippen LogP) is 7.40. The van der Waals surface area contributed by atoms with Crippen molar-refractivity contribution in [2.45, 2.75) is 92.1 Å². The minimum absolute atomic E-state index is 0.150. The van der Waals surface area contributed by atoms with E-state index in [1.165, 1.54) is 43.3 Å². The lowest BCUT2D eigenvalue weighted by Crippen LogP contribution is -2.34. The van der Waals surface area contributed by atoms with Gasteiger partial charge in [0.15, 0.2) is 0 Å². The van der Waals surface area contributed by atoms with E-state index in [1.54, 1.807) is 5.57 Å². The van der Waals surface area contributed by atoms with Gasteiger partial charge < -0.3 is 5.11 Å². The lowest BCUT2D eigenvalue weighted by atomic mass is 9.62. The van der Waals surface area contributed by atoms with Crippen molar-refractivity contribution in [2.75, 3.05) is 0 Å². The molecule has 3 aliphatic rings. The van der Waals surface area contributed by atoms with Crippen molar-refractivity contribution in [3.63, 3.8) is 0 Å². The molecule has 1 fully saturated rings. The first-order chi connectivity index (χ1) is 13.3. The monoisotopic (exact) mass is 382 g/mol. The summed E-state index contributed by atoms with van der Waals surface area (Å²) >= 11 is 0. The van der Waals surface area contributed by atoms with E-state index >= 15 is 0 Å². The van der Waals surface area contributed by atoms with Crippen LogP contribution in [0.25, 0.3) is 0 Å². The second kappa shape index (κ2) is 9.16. The second-order valence-corrected chi connectivity index (χ2v) is 10.4. The molecular weight excluding hydrogens is 340 g/mol. The zero-order valence-electron chi connectivity index (χ0n) is 18.9. The number of hydrogen-bond acceptors (Lipinski definition) is 1. The molecule has 1 saturated carbocycles. The Morgan fingerprint density at radius 1 is 1.18 bits per heavy atom. The summed E-state index contributed by atoms with van der Waals surface area (Å²) in [6.07, 6.45) is 21.3. The normalized spacial score (nSPS) is 35.1. The lowest BCUT2D eigenvalue weighted by Gasteiger charge is -2.42. The summed E-state index contributed by atoms with van der Waals surface area (Å²) in [5, 5.41) is 10.0. The molecule has 3 aliphatic carbocycles. The third-order valence-electron chi connectivity index (χ3n) is 7.89. The fourth-order valence-corrected chi connectivity index (χ4v) is 6.09. The van der Waals surface area contributed by atoms with Gasteiger partial charge in [0.2, 0.25) is 0 Å². The third kappa shape index (κ3) is 4.73. The lowest BCUT2D eigenvalue weighted by molar-refractivity contribution is 0.129. The smallest absolute Gasteiger partial charge is 0.0583 e. The molecule has 1 nitrogen and oxygen atoms in total. The summed E-state index contributed by atoms with van der Waals surface area (Å²) < 4.78 is 0. The van der Waals surface area contributed by atoms with Crippen LogP contribution < -0.4 is 0 Å². The fourth-order valence-electron chi connectivity index (χ4n) is 6.09. The van der Waals surface area contributed by atoms with Crippen molar-refractivity contribution in [2.24, 2.45) is 29.1 Å². The van der Waals surface area contributed by atoms with Crippen molar-refractivity contribution in [3.8, 4) is 0 Å². The fraction of sp³-hybridized carbons (Fsp3) is 0.704. The van der Waals surface area contributed by atoms with Crippen LogP contribution >= 0.6 is 0 Å². The molecular formula is C27H42O. The Morgan fingerprint density at radius 2 is 1.96 bits per heavy atom. The summed E-state index contributed by atoms with van der Waals surface area (Å²) in [6, 6.07) is 0. The first kappa shape index (κ1) is 21.6. The highest BCUT2D eigenvalue weighted by Crippen LogP contribution is 2.58. The van der Waals surface area contributed by atoms with Crippen molar-refractivity contribution < 1.29 is 5.11 Å². The SMILES string of the molecule is CC1=C(/C=C/C2=CCC[C@@]3(C)C2CC[C@@H]3C(C)/C=C/CC(C)C)C[C@@H](O)CC1. The number of fused-ring (bicyclic) bond motifs is 1. The van der Waals surface area contributed by atoms with Gasteiger partial charge in [-0.05, 0) is 98.5 Å². The maximum Gasteiger partial charge on any atom is 0.0583 e. The molecule has 5 atom stereocenters. The highest BCUT2D eigenvalue weighted by Gasteiger charge is 2.49. The van der Waals surface area contributed by atoms with Crippen molar-refractivity contribution in [1.82, 2.24) is 0 Å². The summed E-state index contributed by atoms with van der Waals surface area (Å²) in [5.41, 5.74) is 4.83. The molecule has 0 aromatic heterocycles. The minimum Gasteiger partial charge on any atom is -0.393 e. The van der Waals surface area contributed by atoms with Gasteiger partial charge in [-0.15, -0.1) is 0 Å². The molecule has 0 spiro atoms. The predicted molar refractivity (Wildman–Crippen MR) is 121 cm³/mol. The molecule has 0 amide bonds. The van der Waals surface area contributed by atoms with Crippen LogP contribution in [0.3, 0.4) is 0 Å². The topological polar surface area (TPSA) is 20.2 Å². The molecule has 0 saturated heterocycles. The maximum atomic E-state index is 10.0. The Kier molecular flexibility index (Phi) is 7.07. The van der Waals surface area contributed by atoms with E-state index in [-0.39, 0.29) is 6.10 Å². The average Bonchev–Trinajstić information content (AvgIpc) is 2.99. The average molecular weight is 383 g/mol. The maximum absolute atomic E-state index is 10.0. The number of allylic oxidation sites excluding steroid dienone is 7. The molecule has 0 bridgehead atoms. The summed E-state index contributed by atoms with van der Waals surface area (Å²) in [5.74, 6) is 2.93. The van der Waals surface area contributed by atoms with Crippen molar-refractivity contribution in [3.05, 3.63) is 47.1 Å². The van der Waals surface area contributed by atoms with E-state index in [0.29, 0.717) is 17.3 Å². The van der Waals surface area contributed by atoms with Crippen LogP contribution in [0.2, 0.25) is 0 Å². The summed E-state index contributed by atoms with van der Waals surface area (Å²) in [7, 11) is 0. The molecule has 3 rings (SSSR count). The Hall–Kier alpha value is -1.08. The quantitative estimate of drug-likeness (QED) is 0.475. The van der Waals surface area contributed by atoms with Gasteiger partial charge >= 0.3 is 0 Å². The Labute approximate surface area is 173 Å². The van der Waals surface area contributed by atoms with Gasteiger partial charge in [0.1, 0.15) is 0 Å². The first-order valence-electron chi connectivity index (χ1n) is 11.7. The van der Waals surface area contributed by atoms with Gasteiger partial charge in [-0.25, -0.2) is 0 Å².